The van der Waals surface area contributed by atoms with Crippen molar-refractivity contribution >= 4 is 35.2 Å². The second-order valence-corrected chi connectivity index (χ2v) is 10.3. The Bertz CT molecular complexity index is 1190. The summed E-state index contributed by atoms with van der Waals surface area (Å²) in [6.07, 6.45) is 5.32. The van der Waals surface area contributed by atoms with Crippen LogP contribution in [0, 0.1) is 12.8 Å². The number of rotatable bonds is 12. The molecule has 0 aromatic heterocycles. The van der Waals surface area contributed by atoms with Crippen molar-refractivity contribution in [1.29, 1.82) is 0 Å². The van der Waals surface area contributed by atoms with E-state index in [0.29, 0.717) is 28.6 Å². The molecule has 1 saturated carbocycles. The molecule has 2 aromatic carbocycles. The van der Waals surface area contributed by atoms with E-state index in [1.807, 2.05) is 32.0 Å². The Labute approximate surface area is 235 Å². The largest absolute Gasteiger partial charge is 0.495 e. The second-order valence-electron chi connectivity index (χ2n) is 10.3. The number of hydrogen-bond donors (Lipinski definition) is 4. The molecule has 4 N–H and O–H groups in total. The lowest BCUT2D eigenvalue weighted by molar-refractivity contribution is -0.140. The molecule has 0 bridgehead atoms. The van der Waals surface area contributed by atoms with Crippen LogP contribution in [-0.2, 0) is 20.8 Å². The Hall–Kier alpha value is -4.08. The van der Waals surface area contributed by atoms with E-state index >= 15 is 0 Å². The van der Waals surface area contributed by atoms with E-state index in [4.69, 9.17) is 9.84 Å². The number of aryl methyl sites for hydroxylation is 1. The van der Waals surface area contributed by atoms with Gasteiger partial charge in [0.25, 0.3) is 0 Å². The monoisotopic (exact) mass is 552 g/mol. The van der Waals surface area contributed by atoms with Crippen molar-refractivity contribution in [1.82, 2.24) is 10.2 Å². The van der Waals surface area contributed by atoms with Crippen LogP contribution in [0.2, 0.25) is 0 Å². The van der Waals surface area contributed by atoms with Crippen LogP contribution in [0.5, 0.6) is 5.75 Å². The molecule has 3 rings (SSSR count). The van der Waals surface area contributed by atoms with Crippen LogP contribution in [0.3, 0.4) is 0 Å². The minimum absolute atomic E-state index is 0.00658. The van der Waals surface area contributed by atoms with Crippen molar-refractivity contribution < 1.29 is 29.0 Å². The fourth-order valence-electron chi connectivity index (χ4n) is 5.10. The zero-order valence-corrected chi connectivity index (χ0v) is 23.5. The fourth-order valence-corrected chi connectivity index (χ4v) is 5.10. The maximum atomic E-state index is 13.0. The summed E-state index contributed by atoms with van der Waals surface area (Å²) in [5.74, 6) is -0.873. The molecule has 4 amide bonds. The lowest BCUT2D eigenvalue weighted by Crippen LogP contribution is -2.48. The number of benzene rings is 2. The third-order valence-electron chi connectivity index (χ3n) is 7.42. The number of amides is 4. The lowest BCUT2D eigenvalue weighted by atomic mass is 9.84. The first-order chi connectivity index (χ1) is 19.2. The average Bonchev–Trinajstić information content (AvgIpc) is 2.94. The smallest absolute Gasteiger partial charge is 0.323 e. The molecular weight excluding hydrogens is 512 g/mol. The number of anilines is 2. The molecule has 1 aliphatic carbocycles. The number of carbonyl (C=O) groups excluding carboxylic acids is 3. The van der Waals surface area contributed by atoms with E-state index in [1.54, 1.807) is 29.2 Å². The van der Waals surface area contributed by atoms with Crippen molar-refractivity contribution in [3.05, 3.63) is 53.6 Å². The number of carboxylic acids is 1. The molecule has 40 heavy (non-hydrogen) atoms. The van der Waals surface area contributed by atoms with Crippen molar-refractivity contribution in [2.75, 3.05) is 30.8 Å². The van der Waals surface area contributed by atoms with Gasteiger partial charge in [0.05, 0.1) is 32.2 Å². The minimum Gasteiger partial charge on any atom is -0.495 e. The van der Waals surface area contributed by atoms with Gasteiger partial charge in [-0.05, 0) is 61.9 Å². The summed E-state index contributed by atoms with van der Waals surface area (Å²) in [6.45, 7) is 3.78. The van der Waals surface area contributed by atoms with E-state index in [0.717, 1.165) is 31.2 Å². The molecule has 1 aliphatic rings. The highest BCUT2D eigenvalue weighted by atomic mass is 16.5. The summed E-state index contributed by atoms with van der Waals surface area (Å²) < 4.78 is 5.42. The van der Waals surface area contributed by atoms with Crippen LogP contribution in [0.15, 0.2) is 42.5 Å². The highest BCUT2D eigenvalue weighted by Crippen LogP contribution is 2.29. The molecule has 10 nitrogen and oxygen atoms in total. The normalized spacial score (nSPS) is 14.1. The van der Waals surface area contributed by atoms with Crippen LogP contribution in [0.1, 0.15) is 56.6 Å². The van der Waals surface area contributed by atoms with Crippen molar-refractivity contribution in [3.8, 4) is 5.75 Å². The Morgan fingerprint density at radius 2 is 1.73 bits per heavy atom. The Kier molecular flexibility index (Phi) is 11.4. The van der Waals surface area contributed by atoms with Gasteiger partial charge in [0.2, 0.25) is 11.8 Å². The number of methoxy groups -OCH3 is 1. The van der Waals surface area contributed by atoms with Gasteiger partial charge in [0, 0.05) is 18.3 Å². The molecule has 1 atom stereocenters. The van der Waals surface area contributed by atoms with Crippen molar-refractivity contribution in [2.24, 2.45) is 5.92 Å². The first-order valence-corrected chi connectivity index (χ1v) is 13.8. The maximum absolute atomic E-state index is 13.0. The van der Waals surface area contributed by atoms with E-state index in [-0.39, 0.29) is 43.8 Å². The topological polar surface area (TPSA) is 137 Å². The highest BCUT2D eigenvalue weighted by molar-refractivity contribution is 6.01. The lowest BCUT2D eigenvalue weighted by Gasteiger charge is -2.36. The van der Waals surface area contributed by atoms with Gasteiger partial charge in [0.15, 0.2) is 0 Å². The Balaban J connectivity index is 1.56. The molecule has 0 aliphatic heterocycles. The molecular formula is C30H40N4O6. The average molecular weight is 553 g/mol. The van der Waals surface area contributed by atoms with Crippen LogP contribution >= 0.6 is 0 Å². The number of carboxylic acid groups (broad SMARTS) is 1. The number of aliphatic carboxylic acids is 1. The summed E-state index contributed by atoms with van der Waals surface area (Å²) in [5.41, 5.74) is 2.71. The van der Waals surface area contributed by atoms with E-state index < -0.39 is 12.0 Å². The maximum Gasteiger partial charge on any atom is 0.323 e. The Morgan fingerprint density at radius 3 is 2.40 bits per heavy atom. The summed E-state index contributed by atoms with van der Waals surface area (Å²) >= 11 is 0. The number of urea groups is 1. The summed E-state index contributed by atoms with van der Waals surface area (Å²) in [6, 6.07) is 11.9. The molecule has 0 heterocycles. The molecule has 1 fully saturated rings. The van der Waals surface area contributed by atoms with Crippen LogP contribution < -0.4 is 20.7 Å². The van der Waals surface area contributed by atoms with E-state index in [1.165, 1.54) is 13.5 Å². The summed E-state index contributed by atoms with van der Waals surface area (Å²) in [4.78, 5) is 51.0. The van der Waals surface area contributed by atoms with Gasteiger partial charge in [-0.2, -0.15) is 0 Å². The number of carbonyl (C=O) groups is 4. The van der Waals surface area contributed by atoms with Crippen LogP contribution in [0.4, 0.5) is 16.2 Å². The zero-order chi connectivity index (χ0) is 29.1. The zero-order valence-electron chi connectivity index (χ0n) is 23.5. The second kappa shape index (κ2) is 14.9. The van der Waals surface area contributed by atoms with Crippen LogP contribution in [0.25, 0.3) is 0 Å². The number of nitrogens with one attached hydrogen (secondary N) is 3. The fraction of sp³-hybridized carbons (Fsp3) is 0.467. The number of nitrogens with zero attached hydrogens (tertiary/aromatic N) is 1. The quantitative estimate of drug-likeness (QED) is 0.304. The predicted octanol–water partition coefficient (Wildman–Crippen LogP) is 4.58. The van der Waals surface area contributed by atoms with Gasteiger partial charge in [-0.3, -0.25) is 14.4 Å². The molecule has 0 radical (unpaired) electrons. The van der Waals surface area contributed by atoms with E-state index in [9.17, 15) is 19.2 Å². The van der Waals surface area contributed by atoms with Gasteiger partial charge in [-0.1, -0.05) is 43.5 Å². The SMILES string of the molecule is COc1cc(CC(=O)NCC(=O)N(CCC(=O)O)C(C)C2CCCCC2)ccc1NC(=O)Nc1ccccc1C. The Morgan fingerprint density at radius 1 is 1.02 bits per heavy atom. The first kappa shape index (κ1) is 30.5. The third-order valence-corrected chi connectivity index (χ3v) is 7.42. The van der Waals surface area contributed by atoms with Gasteiger partial charge in [-0.25, -0.2) is 4.79 Å². The first-order valence-electron chi connectivity index (χ1n) is 13.8. The van der Waals surface area contributed by atoms with Gasteiger partial charge in [0.1, 0.15) is 5.75 Å². The predicted molar refractivity (Wildman–Crippen MR) is 154 cm³/mol. The molecule has 2 aromatic rings. The van der Waals surface area contributed by atoms with Crippen LogP contribution in [-0.4, -0.2) is 60.1 Å². The standard InChI is InChI=1S/C30H40N4O6/c1-20-9-7-8-12-24(20)32-30(39)33-25-14-13-22(17-26(25)40-3)18-27(35)31-19-28(36)34(16-15-29(37)38)21(2)23-10-5-4-6-11-23/h7-9,12-14,17,21,23H,4-6,10-11,15-16,18-19H2,1-3H3,(H,31,35)(H,37,38)(H2,32,33,39). The highest BCUT2D eigenvalue weighted by Gasteiger charge is 2.28. The van der Waals surface area contributed by atoms with Gasteiger partial charge < -0.3 is 30.7 Å². The van der Waals surface area contributed by atoms with Crippen molar-refractivity contribution in [2.45, 2.75) is 64.8 Å². The number of para-hydroxylation sites is 1. The van der Waals surface area contributed by atoms with Crippen molar-refractivity contribution in [3.63, 3.8) is 0 Å². The molecule has 10 heteroatoms. The third kappa shape index (κ3) is 9.00. The van der Waals surface area contributed by atoms with E-state index in [2.05, 4.69) is 16.0 Å². The molecule has 0 spiro atoms. The van der Waals surface area contributed by atoms with Gasteiger partial charge >= 0.3 is 12.0 Å². The minimum atomic E-state index is -0.961. The molecule has 0 saturated heterocycles. The number of ether oxygens (including phenoxy) is 1. The molecule has 1 unspecified atom stereocenters. The number of hydrogen-bond acceptors (Lipinski definition) is 5. The summed E-state index contributed by atoms with van der Waals surface area (Å²) in [5, 5.41) is 17.4. The summed E-state index contributed by atoms with van der Waals surface area (Å²) in [7, 11) is 1.47. The van der Waals surface area contributed by atoms with Gasteiger partial charge in [-0.15, -0.1) is 0 Å². The molecule has 216 valence electrons.